The van der Waals surface area contributed by atoms with Crippen molar-refractivity contribution in [3.63, 3.8) is 0 Å². The van der Waals surface area contributed by atoms with Gasteiger partial charge in [-0.1, -0.05) is 48.5 Å². The molecule has 1 aliphatic rings. The minimum absolute atomic E-state index is 0.687. The van der Waals surface area contributed by atoms with Gasteiger partial charge in [-0.3, -0.25) is 0 Å². The maximum Gasteiger partial charge on any atom is 0.119 e. The Morgan fingerprint density at radius 2 is 1.57 bits per heavy atom. The van der Waals surface area contributed by atoms with E-state index in [1.165, 1.54) is 18.4 Å². The molecule has 0 saturated heterocycles. The molecule has 0 atom stereocenters. The summed E-state index contributed by atoms with van der Waals surface area (Å²) in [5.41, 5.74) is 1.49. The third-order valence-electron chi connectivity index (χ3n) is 4.18. The summed E-state index contributed by atoms with van der Waals surface area (Å²) in [7, 11) is 0. The number of ether oxygens (including phenoxy) is 1. The smallest absolute Gasteiger partial charge is 0.119 e. The molecular weight excluding hydrogens is 258 g/mol. The monoisotopic (exact) mass is 281 g/mol. The molecule has 0 heterocycles. The lowest BCUT2D eigenvalue weighted by atomic mass is 9.76. The average molecular weight is 281 g/mol. The van der Waals surface area contributed by atoms with E-state index in [-0.39, 0.29) is 0 Å². The maximum atomic E-state index is 5.69. The van der Waals surface area contributed by atoms with Crippen molar-refractivity contribution in [1.82, 2.24) is 5.32 Å². The van der Waals surface area contributed by atoms with Gasteiger partial charge in [-0.15, -0.1) is 0 Å². The second kappa shape index (κ2) is 7.28. The van der Waals surface area contributed by atoms with Gasteiger partial charge in [-0.25, -0.2) is 0 Å². The van der Waals surface area contributed by atoms with Gasteiger partial charge in [0.05, 0.1) is 6.61 Å². The van der Waals surface area contributed by atoms with Gasteiger partial charge in [-0.2, -0.15) is 0 Å². The summed E-state index contributed by atoms with van der Waals surface area (Å²) in [6.07, 6.45) is 3.59. The minimum Gasteiger partial charge on any atom is -0.494 e. The van der Waals surface area contributed by atoms with Crippen molar-refractivity contribution in [1.29, 1.82) is 0 Å². The van der Waals surface area contributed by atoms with Crippen LogP contribution in [0.1, 0.15) is 30.7 Å². The molecule has 0 bridgehead atoms. The SMILES string of the molecule is c1ccc(OCCCNC2CC(c3ccccc3)C2)cc1. The van der Waals surface area contributed by atoms with Gasteiger partial charge in [-0.05, 0) is 49.4 Å². The first-order valence-corrected chi connectivity index (χ1v) is 7.88. The van der Waals surface area contributed by atoms with Crippen LogP contribution in [0.5, 0.6) is 5.75 Å². The standard InChI is InChI=1S/C19H23NO/c1-3-8-16(9-4-1)17-14-18(15-17)20-12-7-13-21-19-10-5-2-6-11-19/h1-6,8-11,17-18,20H,7,12-15H2. The molecule has 110 valence electrons. The number of rotatable bonds is 7. The Morgan fingerprint density at radius 3 is 2.29 bits per heavy atom. The first kappa shape index (κ1) is 14.2. The van der Waals surface area contributed by atoms with Gasteiger partial charge in [0.15, 0.2) is 0 Å². The van der Waals surface area contributed by atoms with Gasteiger partial charge in [0.1, 0.15) is 5.75 Å². The molecule has 0 unspecified atom stereocenters. The molecule has 2 nitrogen and oxygen atoms in total. The zero-order chi connectivity index (χ0) is 14.3. The van der Waals surface area contributed by atoms with Crippen LogP contribution in [0.25, 0.3) is 0 Å². The zero-order valence-corrected chi connectivity index (χ0v) is 12.4. The predicted octanol–water partition coefficient (Wildman–Crippen LogP) is 3.99. The van der Waals surface area contributed by atoms with Gasteiger partial charge < -0.3 is 10.1 Å². The lowest BCUT2D eigenvalue weighted by molar-refractivity contribution is 0.268. The van der Waals surface area contributed by atoms with Crippen molar-refractivity contribution in [3.8, 4) is 5.75 Å². The molecule has 1 fully saturated rings. The highest BCUT2D eigenvalue weighted by Crippen LogP contribution is 2.36. The van der Waals surface area contributed by atoms with Crippen molar-refractivity contribution in [2.45, 2.75) is 31.2 Å². The summed E-state index contributed by atoms with van der Waals surface area (Å²) in [6, 6.07) is 21.6. The van der Waals surface area contributed by atoms with Crippen LogP contribution in [0.15, 0.2) is 60.7 Å². The zero-order valence-electron chi connectivity index (χ0n) is 12.4. The Balaban J connectivity index is 1.27. The van der Waals surface area contributed by atoms with Crippen LogP contribution in [-0.4, -0.2) is 19.2 Å². The van der Waals surface area contributed by atoms with Gasteiger partial charge in [0, 0.05) is 6.04 Å². The molecule has 21 heavy (non-hydrogen) atoms. The fourth-order valence-electron chi connectivity index (χ4n) is 2.87. The van der Waals surface area contributed by atoms with Crippen LogP contribution in [-0.2, 0) is 0 Å². The first-order chi connectivity index (χ1) is 10.4. The van der Waals surface area contributed by atoms with Crippen LogP contribution in [0.4, 0.5) is 0 Å². The molecule has 3 rings (SSSR count). The number of hydrogen-bond donors (Lipinski definition) is 1. The summed E-state index contributed by atoms with van der Waals surface area (Å²) < 4.78 is 5.69. The van der Waals surface area contributed by atoms with E-state index in [0.717, 1.165) is 31.2 Å². The minimum atomic E-state index is 0.687. The van der Waals surface area contributed by atoms with Crippen molar-refractivity contribution < 1.29 is 4.74 Å². The summed E-state index contributed by atoms with van der Waals surface area (Å²) in [5.74, 6) is 1.72. The van der Waals surface area contributed by atoms with Gasteiger partial charge in [0.25, 0.3) is 0 Å². The lowest BCUT2D eigenvalue weighted by Crippen LogP contribution is -2.40. The Labute approximate surface area is 127 Å². The van der Waals surface area contributed by atoms with Crippen LogP contribution in [0.3, 0.4) is 0 Å². The lowest BCUT2D eigenvalue weighted by Gasteiger charge is -2.36. The summed E-state index contributed by atoms with van der Waals surface area (Å²) in [4.78, 5) is 0. The Bertz CT molecular complexity index is 520. The average Bonchev–Trinajstić information content (AvgIpc) is 2.51. The number of benzene rings is 2. The maximum absolute atomic E-state index is 5.69. The molecule has 1 aliphatic carbocycles. The van der Waals surface area contributed by atoms with Gasteiger partial charge >= 0.3 is 0 Å². The van der Waals surface area contributed by atoms with Crippen molar-refractivity contribution in [3.05, 3.63) is 66.2 Å². The molecule has 2 heteroatoms. The highest BCUT2D eigenvalue weighted by atomic mass is 16.5. The van der Waals surface area contributed by atoms with Crippen LogP contribution in [0, 0.1) is 0 Å². The van der Waals surface area contributed by atoms with Gasteiger partial charge in [0.2, 0.25) is 0 Å². The fraction of sp³-hybridized carbons (Fsp3) is 0.368. The van der Waals surface area contributed by atoms with E-state index in [0.29, 0.717) is 6.04 Å². The molecule has 1 N–H and O–H groups in total. The van der Waals surface area contributed by atoms with E-state index in [1.54, 1.807) is 0 Å². The summed E-state index contributed by atoms with van der Waals surface area (Å²) >= 11 is 0. The molecule has 0 radical (unpaired) electrons. The first-order valence-electron chi connectivity index (χ1n) is 7.88. The molecule has 2 aromatic carbocycles. The quantitative estimate of drug-likeness (QED) is 0.775. The second-order valence-electron chi connectivity index (χ2n) is 5.75. The molecular formula is C19H23NO. The third-order valence-corrected chi connectivity index (χ3v) is 4.18. The van der Waals surface area contributed by atoms with Crippen LogP contribution in [0.2, 0.25) is 0 Å². The van der Waals surface area contributed by atoms with E-state index >= 15 is 0 Å². The predicted molar refractivity (Wildman–Crippen MR) is 86.8 cm³/mol. The van der Waals surface area contributed by atoms with E-state index in [1.807, 2.05) is 30.3 Å². The van der Waals surface area contributed by atoms with Crippen LogP contribution >= 0.6 is 0 Å². The summed E-state index contributed by atoms with van der Waals surface area (Å²) in [5, 5.41) is 3.63. The Hall–Kier alpha value is -1.80. The topological polar surface area (TPSA) is 21.3 Å². The fourth-order valence-corrected chi connectivity index (χ4v) is 2.87. The third kappa shape index (κ3) is 4.08. The highest BCUT2D eigenvalue weighted by molar-refractivity contribution is 5.23. The van der Waals surface area contributed by atoms with E-state index in [2.05, 4.69) is 35.6 Å². The van der Waals surface area contributed by atoms with E-state index < -0.39 is 0 Å². The number of hydrogen-bond acceptors (Lipinski definition) is 2. The van der Waals surface area contributed by atoms with Crippen molar-refractivity contribution >= 4 is 0 Å². The summed E-state index contributed by atoms with van der Waals surface area (Å²) in [6.45, 7) is 1.82. The molecule has 0 aromatic heterocycles. The van der Waals surface area contributed by atoms with Crippen molar-refractivity contribution in [2.75, 3.05) is 13.2 Å². The Kier molecular flexibility index (Phi) is 4.90. The van der Waals surface area contributed by atoms with E-state index in [4.69, 9.17) is 4.74 Å². The molecule has 0 aliphatic heterocycles. The van der Waals surface area contributed by atoms with E-state index in [9.17, 15) is 0 Å². The normalized spacial score (nSPS) is 20.8. The van der Waals surface area contributed by atoms with Crippen molar-refractivity contribution in [2.24, 2.45) is 0 Å². The molecule has 1 saturated carbocycles. The largest absolute Gasteiger partial charge is 0.494 e. The molecule has 0 amide bonds. The van der Waals surface area contributed by atoms with Crippen LogP contribution < -0.4 is 10.1 Å². The Morgan fingerprint density at radius 1 is 0.905 bits per heavy atom. The number of nitrogens with one attached hydrogen (secondary N) is 1. The molecule has 2 aromatic rings. The second-order valence-corrected chi connectivity index (χ2v) is 5.75. The molecule has 0 spiro atoms. The number of para-hydroxylation sites is 1. The highest BCUT2D eigenvalue weighted by Gasteiger charge is 2.29.